The molecule has 3 rings (SSSR count). The van der Waals surface area contributed by atoms with Crippen molar-refractivity contribution in [3.05, 3.63) is 60.3 Å². The number of hydrogen-bond acceptors (Lipinski definition) is 3. The maximum Gasteiger partial charge on any atom is 0.150 e. The molecule has 0 amide bonds. The molecule has 19 heavy (non-hydrogen) atoms. The van der Waals surface area contributed by atoms with Gasteiger partial charge >= 0.3 is 0 Å². The number of benzene rings is 2. The third kappa shape index (κ3) is 2.36. The summed E-state index contributed by atoms with van der Waals surface area (Å²) < 4.78 is 5.83. The van der Waals surface area contributed by atoms with Gasteiger partial charge in [0.05, 0.1) is 11.2 Å². The van der Waals surface area contributed by atoms with Gasteiger partial charge in [-0.15, -0.1) is 0 Å². The molecule has 94 valence electrons. The van der Waals surface area contributed by atoms with E-state index in [9.17, 15) is 0 Å². The predicted molar refractivity (Wildman–Crippen MR) is 77.4 cm³/mol. The molecule has 1 aromatic heterocycles. The van der Waals surface area contributed by atoms with Crippen molar-refractivity contribution >= 4 is 16.6 Å². The van der Waals surface area contributed by atoms with Crippen molar-refractivity contribution in [2.75, 3.05) is 5.73 Å². The highest BCUT2D eigenvalue weighted by Crippen LogP contribution is 2.29. The monoisotopic (exact) mass is 250 g/mol. The highest BCUT2D eigenvalue weighted by Gasteiger charge is 2.04. The lowest BCUT2D eigenvalue weighted by atomic mass is 10.2. The fourth-order valence-corrected chi connectivity index (χ4v) is 1.97. The molecule has 2 aromatic carbocycles. The molecule has 0 spiro atoms. The van der Waals surface area contributed by atoms with Crippen LogP contribution in [0.15, 0.2) is 54.7 Å². The molecule has 2 N–H and O–H groups in total. The van der Waals surface area contributed by atoms with Gasteiger partial charge in [0.25, 0.3) is 0 Å². The van der Waals surface area contributed by atoms with Crippen molar-refractivity contribution < 1.29 is 4.74 Å². The number of rotatable bonds is 2. The maximum absolute atomic E-state index is 5.91. The molecule has 0 radical (unpaired) electrons. The van der Waals surface area contributed by atoms with E-state index >= 15 is 0 Å². The Labute approximate surface area is 111 Å². The van der Waals surface area contributed by atoms with Crippen LogP contribution in [0.4, 0.5) is 5.69 Å². The zero-order chi connectivity index (χ0) is 13.2. The molecular weight excluding hydrogens is 236 g/mol. The van der Waals surface area contributed by atoms with E-state index in [0.717, 1.165) is 22.2 Å². The Morgan fingerprint density at radius 1 is 1.05 bits per heavy atom. The third-order valence-electron chi connectivity index (χ3n) is 2.97. The average molecular weight is 250 g/mol. The number of nitrogen functional groups attached to an aromatic ring is 1. The van der Waals surface area contributed by atoms with E-state index < -0.39 is 0 Å². The lowest BCUT2D eigenvalue weighted by Gasteiger charge is -2.09. The predicted octanol–water partition coefficient (Wildman–Crippen LogP) is 3.92. The van der Waals surface area contributed by atoms with Gasteiger partial charge in [-0.3, -0.25) is 4.98 Å². The fourth-order valence-electron chi connectivity index (χ4n) is 1.97. The SMILES string of the molecule is Cc1ccc(N)c(Oc2ccc3cccnc3c2)c1. The molecule has 1 heterocycles. The van der Waals surface area contributed by atoms with Crippen molar-refractivity contribution in [1.82, 2.24) is 4.98 Å². The van der Waals surface area contributed by atoms with Crippen LogP contribution >= 0.6 is 0 Å². The van der Waals surface area contributed by atoms with Gasteiger partial charge in [0.15, 0.2) is 5.75 Å². The summed E-state index contributed by atoms with van der Waals surface area (Å²) in [6.07, 6.45) is 1.77. The van der Waals surface area contributed by atoms with E-state index in [4.69, 9.17) is 10.5 Å². The molecule has 0 aliphatic carbocycles. The number of anilines is 1. The number of pyridine rings is 1. The standard InChI is InChI=1S/C16H14N2O/c1-11-4-7-14(17)16(9-11)19-13-6-5-12-3-2-8-18-15(12)10-13/h2-10H,17H2,1H3. The van der Waals surface area contributed by atoms with E-state index in [1.54, 1.807) is 6.20 Å². The topological polar surface area (TPSA) is 48.1 Å². The quantitative estimate of drug-likeness (QED) is 0.701. The zero-order valence-corrected chi connectivity index (χ0v) is 10.6. The van der Waals surface area contributed by atoms with E-state index in [-0.39, 0.29) is 0 Å². The number of aryl methyl sites for hydroxylation is 1. The van der Waals surface area contributed by atoms with Crippen LogP contribution in [0.3, 0.4) is 0 Å². The number of aromatic nitrogens is 1. The first-order valence-corrected chi connectivity index (χ1v) is 6.11. The van der Waals surface area contributed by atoms with Crippen molar-refractivity contribution in [1.29, 1.82) is 0 Å². The molecule has 0 unspecified atom stereocenters. The lowest BCUT2D eigenvalue weighted by Crippen LogP contribution is -1.92. The summed E-state index contributed by atoms with van der Waals surface area (Å²) in [5.74, 6) is 1.42. The molecule has 0 atom stereocenters. The van der Waals surface area contributed by atoms with Crippen molar-refractivity contribution in [2.24, 2.45) is 0 Å². The average Bonchev–Trinajstić information content (AvgIpc) is 2.43. The van der Waals surface area contributed by atoms with E-state index in [1.165, 1.54) is 0 Å². The van der Waals surface area contributed by atoms with Crippen molar-refractivity contribution in [3.8, 4) is 11.5 Å². The van der Waals surface area contributed by atoms with Gasteiger partial charge in [-0.1, -0.05) is 12.1 Å². The summed E-state index contributed by atoms with van der Waals surface area (Å²) in [4.78, 5) is 4.31. The molecular formula is C16H14N2O. The van der Waals surface area contributed by atoms with Crippen molar-refractivity contribution in [3.63, 3.8) is 0 Å². The van der Waals surface area contributed by atoms with Crippen LogP contribution in [0.2, 0.25) is 0 Å². The molecule has 3 heteroatoms. The van der Waals surface area contributed by atoms with Crippen LogP contribution < -0.4 is 10.5 Å². The molecule has 0 bridgehead atoms. The molecule has 0 saturated carbocycles. The summed E-state index contributed by atoms with van der Waals surface area (Å²) >= 11 is 0. The third-order valence-corrected chi connectivity index (χ3v) is 2.97. The van der Waals surface area contributed by atoms with Crippen LogP contribution in [-0.4, -0.2) is 4.98 Å². The number of hydrogen-bond donors (Lipinski definition) is 1. The van der Waals surface area contributed by atoms with Gasteiger partial charge in [-0.2, -0.15) is 0 Å². The van der Waals surface area contributed by atoms with E-state index in [1.807, 2.05) is 55.5 Å². The maximum atomic E-state index is 5.91. The highest BCUT2D eigenvalue weighted by molar-refractivity contribution is 5.79. The Morgan fingerprint density at radius 2 is 1.95 bits per heavy atom. The van der Waals surface area contributed by atoms with Gasteiger partial charge in [-0.05, 0) is 42.8 Å². The fraction of sp³-hybridized carbons (Fsp3) is 0.0625. The van der Waals surface area contributed by atoms with Gasteiger partial charge in [0.1, 0.15) is 5.75 Å². The van der Waals surface area contributed by atoms with Crippen LogP contribution in [-0.2, 0) is 0 Å². The Kier molecular flexibility index (Phi) is 2.80. The number of nitrogens with two attached hydrogens (primary N) is 1. The van der Waals surface area contributed by atoms with Gasteiger partial charge in [-0.25, -0.2) is 0 Å². The van der Waals surface area contributed by atoms with Gasteiger partial charge in [0.2, 0.25) is 0 Å². The Morgan fingerprint density at radius 3 is 2.84 bits per heavy atom. The van der Waals surface area contributed by atoms with Gasteiger partial charge < -0.3 is 10.5 Å². The van der Waals surface area contributed by atoms with Gasteiger partial charge in [0, 0.05) is 17.6 Å². The summed E-state index contributed by atoms with van der Waals surface area (Å²) in [6, 6.07) is 15.5. The first-order valence-electron chi connectivity index (χ1n) is 6.11. The number of fused-ring (bicyclic) bond motifs is 1. The Balaban J connectivity index is 1.98. The second kappa shape index (κ2) is 4.61. The summed E-state index contributed by atoms with van der Waals surface area (Å²) in [5, 5.41) is 1.09. The second-order valence-corrected chi connectivity index (χ2v) is 4.50. The Hall–Kier alpha value is -2.55. The van der Waals surface area contributed by atoms with E-state index in [0.29, 0.717) is 11.4 Å². The molecule has 0 aliphatic rings. The minimum atomic E-state index is 0.631. The number of ether oxygens (including phenoxy) is 1. The van der Waals surface area contributed by atoms with Crippen LogP contribution in [0.5, 0.6) is 11.5 Å². The normalized spacial score (nSPS) is 10.6. The minimum Gasteiger partial charge on any atom is -0.455 e. The van der Waals surface area contributed by atoms with Crippen LogP contribution in [0, 0.1) is 6.92 Å². The minimum absolute atomic E-state index is 0.631. The lowest BCUT2D eigenvalue weighted by molar-refractivity contribution is 0.485. The first-order chi connectivity index (χ1) is 9.22. The van der Waals surface area contributed by atoms with Crippen molar-refractivity contribution in [2.45, 2.75) is 6.92 Å². The molecule has 0 saturated heterocycles. The first kappa shape index (κ1) is 11.5. The molecule has 3 nitrogen and oxygen atoms in total. The molecule has 0 aliphatic heterocycles. The van der Waals surface area contributed by atoms with Crippen LogP contribution in [0.25, 0.3) is 10.9 Å². The highest BCUT2D eigenvalue weighted by atomic mass is 16.5. The summed E-state index contributed by atoms with van der Waals surface area (Å²) in [5.41, 5.74) is 8.56. The molecule has 3 aromatic rings. The smallest absolute Gasteiger partial charge is 0.150 e. The largest absolute Gasteiger partial charge is 0.455 e. The summed E-state index contributed by atoms with van der Waals surface area (Å²) in [6.45, 7) is 2.01. The number of nitrogens with zero attached hydrogens (tertiary/aromatic N) is 1. The zero-order valence-electron chi connectivity index (χ0n) is 10.6. The summed E-state index contributed by atoms with van der Waals surface area (Å²) in [7, 11) is 0. The molecule has 0 fully saturated rings. The van der Waals surface area contributed by atoms with E-state index in [2.05, 4.69) is 4.98 Å². The van der Waals surface area contributed by atoms with Crippen LogP contribution in [0.1, 0.15) is 5.56 Å². The second-order valence-electron chi connectivity index (χ2n) is 4.50. The Bertz CT molecular complexity index is 738.